The second kappa shape index (κ2) is 7.46. The number of furan rings is 1. The third-order valence-electron chi connectivity index (χ3n) is 9.22. The lowest BCUT2D eigenvalue weighted by atomic mass is 10.1. The predicted octanol–water partition coefficient (Wildman–Crippen LogP) is 9.78. The van der Waals surface area contributed by atoms with E-state index in [1.54, 1.807) is 0 Å². The van der Waals surface area contributed by atoms with Crippen LogP contribution in [0.25, 0.3) is 98.8 Å². The summed E-state index contributed by atoms with van der Waals surface area (Å²) in [6.45, 7) is 0. The van der Waals surface area contributed by atoms with E-state index in [0.29, 0.717) is 0 Å². The van der Waals surface area contributed by atoms with Crippen molar-refractivity contribution in [2.45, 2.75) is 0 Å². The first-order chi connectivity index (χ1) is 21.3. The Morgan fingerprint density at radius 2 is 1.21 bits per heavy atom. The van der Waals surface area contributed by atoms with Crippen LogP contribution in [-0.4, -0.2) is 18.9 Å². The number of benzene rings is 6. The van der Waals surface area contributed by atoms with Crippen LogP contribution < -0.4 is 0 Å². The summed E-state index contributed by atoms with van der Waals surface area (Å²) in [6, 6.07) is 42.9. The van der Waals surface area contributed by atoms with Gasteiger partial charge in [0.25, 0.3) is 0 Å². The van der Waals surface area contributed by atoms with Crippen LogP contribution in [0.1, 0.15) is 0 Å². The number of fused-ring (bicyclic) bond motifs is 13. The Hall–Kier alpha value is -5.94. The molecular formula is C38H20N4O. The second-order valence-corrected chi connectivity index (χ2v) is 11.4. The molecule has 0 radical (unpaired) electrons. The first-order valence-corrected chi connectivity index (χ1v) is 14.5. The van der Waals surface area contributed by atoms with Crippen molar-refractivity contribution in [3.63, 3.8) is 0 Å². The van der Waals surface area contributed by atoms with E-state index in [4.69, 9.17) is 14.4 Å². The van der Waals surface area contributed by atoms with Crippen molar-refractivity contribution < 1.29 is 4.42 Å². The molecule has 5 heteroatoms. The maximum atomic E-state index is 6.33. The maximum Gasteiger partial charge on any atom is 0.165 e. The highest BCUT2D eigenvalue weighted by Crippen LogP contribution is 2.41. The van der Waals surface area contributed by atoms with Crippen LogP contribution in [0, 0.1) is 0 Å². The van der Waals surface area contributed by atoms with Crippen molar-refractivity contribution in [2.24, 2.45) is 0 Å². The summed E-state index contributed by atoms with van der Waals surface area (Å²) < 4.78 is 11.0. The van der Waals surface area contributed by atoms with Gasteiger partial charge in [0.15, 0.2) is 5.65 Å². The lowest BCUT2D eigenvalue weighted by Crippen LogP contribution is -1.94. The molecule has 6 aromatic carbocycles. The average molecular weight is 549 g/mol. The number of aromatic nitrogens is 4. The number of hydrogen-bond donors (Lipinski definition) is 0. The minimum absolute atomic E-state index is 0.900. The van der Waals surface area contributed by atoms with Gasteiger partial charge in [-0.3, -0.25) is 4.40 Å². The van der Waals surface area contributed by atoms with Crippen LogP contribution in [0.4, 0.5) is 0 Å². The molecule has 0 atom stereocenters. The molecule has 0 aliphatic heterocycles. The molecule has 43 heavy (non-hydrogen) atoms. The van der Waals surface area contributed by atoms with Gasteiger partial charge in [-0.25, -0.2) is 9.97 Å². The zero-order valence-corrected chi connectivity index (χ0v) is 22.7. The fraction of sp³-hybridized carbons (Fsp3) is 0. The summed E-state index contributed by atoms with van der Waals surface area (Å²) >= 11 is 0. The monoisotopic (exact) mass is 548 g/mol. The van der Waals surface area contributed by atoms with Gasteiger partial charge in [-0.15, -0.1) is 0 Å². The van der Waals surface area contributed by atoms with Gasteiger partial charge in [-0.1, -0.05) is 66.7 Å². The highest BCUT2D eigenvalue weighted by Gasteiger charge is 2.21. The van der Waals surface area contributed by atoms with Crippen molar-refractivity contribution in [3.05, 3.63) is 121 Å². The molecule has 5 heterocycles. The van der Waals surface area contributed by atoms with Crippen LogP contribution in [0.3, 0.4) is 0 Å². The van der Waals surface area contributed by atoms with Crippen molar-refractivity contribution in [1.29, 1.82) is 0 Å². The molecule has 0 aliphatic carbocycles. The van der Waals surface area contributed by atoms with E-state index < -0.39 is 0 Å². The Morgan fingerprint density at radius 1 is 0.465 bits per heavy atom. The van der Waals surface area contributed by atoms with Crippen LogP contribution in [0.5, 0.6) is 0 Å². The fourth-order valence-corrected chi connectivity index (χ4v) is 7.40. The normalized spacial score (nSPS) is 12.7. The third kappa shape index (κ3) is 2.63. The average Bonchev–Trinajstić information content (AvgIpc) is 3.77. The number of rotatable bonds is 1. The fourth-order valence-electron chi connectivity index (χ4n) is 7.40. The molecule has 11 rings (SSSR count). The zero-order chi connectivity index (χ0) is 27.8. The SMILES string of the molecule is c1ccc2nc3c(nc2c1)c1cccc2c4cc(-n5c6ccccc6c6cc7c(cc65)oc5ccccc57)ccc4n3c21. The van der Waals surface area contributed by atoms with Crippen LogP contribution in [-0.2, 0) is 0 Å². The van der Waals surface area contributed by atoms with Gasteiger partial charge in [-0.05, 0) is 48.5 Å². The van der Waals surface area contributed by atoms with Gasteiger partial charge < -0.3 is 8.98 Å². The zero-order valence-electron chi connectivity index (χ0n) is 22.7. The van der Waals surface area contributed by atoms with E-state index in [1.807, 2.05) is 36.4 Å². The molecule has 5 nitrogen and oxygen atoms in total. The third-order valence-corrected chi connectivity index (χ3v) is 9.22. The predicted molar refractivity (Wildman–Crippen MR) is 176 cm³/mol. The maximum absolute atomic E-state index is 6.33. The molecular weight excluding hydrogens is 528 g/mol. The van der Waals surface area contributed by atoms with E-state index in [0.717, 1.165) is 66.2 Å². The van der Waals surface area contributed by atoms with Crippen molar-refractivity contribution in [3.8, 4) is 5.69 Å². The van der Waals surface area contributed by atoms with Crippen molar-refractivity contribution in [1.82, 2.24) is 18.9 Å². The minimum atomic E-state index is 0.900. The van der Waals surface area contributed by atoms with Gasteiger partial charge in [0.1, 0.15) is 16.7 Å². The lowest BCUT2D eigenvalue weighted by Gasteiger charge is -2.09. The van der Waals surface area contributed by atoms with E-state index >= 15 is 0 Å². The Labute approximate surface area is 243 Å². The Bertz CT molecular complexity index is 2960. The first kappa shape index (κ1) is 21.8. The molecule has 198 valence electrons. The standard InChI is InChI=1S/C38H20N4O/c1-5-14-31-22(8-1)27-19-28-23-9-2-6-15-34(23)43-35(28)20-33(27)41(31)21-16-17-32-26(18-21)24-10-7-11-25-36-38(42(32)37(24)25)40-30-13-4-3-12-29(30)39-36/h1-20H. The van der Waals surface area contributed by atoms with Gasteiger partial charge in [0.05, 0.1) is 33.1 Å². The minimum Gasteiger partial charge on any atom is -0.456 e. The smallest absolute Gasteiger partial charge is 0.165 e. The topological polar surface area (TPSA) is 48.3 Å². The van der Waals surface area contributed by atoms with Gasteiger partial charge in [0.2, 0.25) is 0 Å². The molecule has 0 fully saturated rings. The van der Waals surface area contributed by atoms with Gasteiger partial charge >= 0.3 is 0 Å². The molecule has 5 aromatic heterocycles. The lowest BCUT2D eigenvalue weighted by molar-refractivity contribution is 0.669. The summed E-state index contributed by atoms with van der Waals surface area (Å²) in [7, 11) is 0. The van der Waals surface area contributed by atoms with Crippen molar-refractivity contribution >= 4 is 93.1 Å². The van der Waals surface area contributed by atoms with Crippen LogP contribution >= 0.6 is 0 Å². The van der Waals surface area contributed by atoms with E-state index in [9.17, 15) is 0 Å². The summed E-state index contributed by atoms with van der Waals surface area (Å²) in [5, 5.41) is 8.28. The molecule has 0 amide bonds. The van der Waals surface area contributed by atoms with E-state index in [2.05, 4.69) is 93.9 Å². The molecule has 11 aromatic rings. The second-order valence-electron chi connectivity index (χ2n) is 11.4. The Kier molecular flexibility index (Phi) is 3.78. The van der Waals surface area contributed by atoms with E-state index in [-0.39, 0.29) is 0 Å². The van der Waals surface area contributed by atoms with Gasteiger partial charge in [0, 0.05) is 49.5 Å². The molecule has 0 spiro atoms. The molecule has 0 aliphatic rings. The molecule has 0 saturated heterocycles. The van der Waals surface area contributed by atoms with Crippen LogP contribution in [0.15, 0.2) is 126 Å². The molecule has 0 N–H and O–H groups in total. The Morgan fingerprint density at radius 3 is 2.14 bits per heavy atom. The molecule has 0 saturated carbocycles. The summed E-state index contributed by atoms with van der Waals surface area (Å²) in [4.78, 5) is 10.1. The largest absolute Gasteiger partial charge is 0.456 e. The quantitative estimate of drug-likeness (QED) is 0.205. The van der Waals surface area contributed by atoms with Crippen LogP contribution in [0.2, 0.25) is 0 Å². The highest BCUT2D eigenvalue weighted by molar-refractivity contribution is 6.23. The van der Waals surface area contributed by atoms with Crippen molar-refractivity contribution in [2.75, 3.05) is 0 Å². The number of nitrogens with zero attached hydrogens (tertiary/aromatic N) is 4. The first-order valence-electron chi connectivity index (χ1n) is 14.5. The number of para-hydroxylation sites is 5. The summed E-state index contributed by atoms with van der Waals surface area (Å²) in [5.74, 6) is 0. The van der Waals surface area contributed by atoms with Gasteiger partial charge in [-0.2, -0.15) is 0 Å². The summed E-state index contributed by atoms with van der Waals surface area (Å²) in [6.07, 6.45) is 0. The molecule has 0 unspecified atom stereocenters. The molecule has 0 bridgehead atoms. The van der Waals surface area contributed by atoms with E-state index in [1.165, 1.54) is 32.6 Å². The summed E-state index contributed by atoms with van der Waals surface area (Å²) in [5.41, 5.74) is 11.2. The number of hydrogen-bond acceptors (Lipinski definition) is 3. The Balaban J connectivity index is 1.25. The highest BCUT2D eigenvalue weighted by atomic mass is 16.3.